The van der Waals surface area contributed by atoms with Crippen molar-refractivity contribution in [1.82, 2.24) is 10.7 Å². The number of carbonyl (C=O) groups excluding carboxylic acids is 2. The highest BCUT2D eigenvalue weighted by atomic mass is 35.5. The summed E-state index contributed by atoms with van der Waals surface area (Å²) in [6.07, 6.45) is 1.37. The number of halogens is 2. The van der Waals surface area contributed by atoms with E-state index in [0.29, 0.717) is 33.7 Å². The summed E-state index contributed by atoms with van der Waals surface area (Å²) < 4.78 is 5.70. The number of hydrazone groups is 1. The van der Waals surface area contributed by atoms with Gasteiger partial charge in [-0.05, 0) is 29.8 Å². The lowest BCUT2D eigenvalue weighted by molar-refractivity contribution is -0.133. The maximum Gasteiger partial charge on any atom is 0.253 e. The van der Waals surface area contributed by atoms with Gasteiger partial charge in [0.05, 0.1) is 16.3 Å². The molecule has 1 saturated heterocycles. The van der Waals surface area contributed by atoms with Crippen LogP contribution in [0.2, 0.25) is 10.0 Å². The predicted molar refractivity (Wildman–Crippen MR) is 116 cm³/mol. The summed E-state index contributed by atoms with van der Waals surface area (Å²) >= 11 is 12.3. The maximum atomic E-state index is 12.6. The molecule has 0 unspecified atom stereocenters. The minimum Gasteiger partial charge on any atom is -0.455 e. The third kappa shape index (κ3) is 4.10. The van der Waals surface area contributed by atoms with Gasteiger partial charge in [-0.15, -0.1) is 0 Å². The number of hydrogen-bond acceptors (Lipinski definition) is 4. The first-order chi connectivity index (χ1) is 14.5. The van der Waals surface area contributed by atoms with Gasteiger partial charge >= 0.3 is 0 Å². The fraction of sp³-hybridized carbons (Fsp3) is 0.136. The van der Waals surface area contributed by atoms with Gasteiger partial charge in [0.15, 0.2) is 0 Å². The van der Waals surface area contributed by atoms with Crippen molar-refractivity contribution in [3.63, 3.8) is 0 Å². The Morgan fingerprint density at radius 3 is 2.70 bits per heavy atom. The van der Waals surface area contributed by atoms with Gasteiger partial charge in [-0.1, -0.05) is 59.6 Å². The molecule has 30 heavy (non-hydrogen) atoms. The molecular weight excluding hydrogens is 425 g/mol. The molecule has 0 spiro atoms. The van der Waals surface area contributed by atoms with Crippen LogP contribution in [-0.2, 0) is 9.59 Å². The molecule has 0 aliphatic carbocycles. The fourth-order valence-corrected chi connectivity index (χ4v) is 3.82. The second-order valence-corrected chi connectivity index (χ2v) is 7.56. The van der Waals surface area contributed by atoms with Crippen molar-refractivity contribution >= 4 is 41.2 Å². The maximum absolute atomic E-state index is 12.6. The van der Waals surface area contributed by atoms with Gasteiger partial charge in [0, 0.05) is 18.0 Å². The molecule has 4 rings (SSSR count). The molecule has 1 aromatic heterocycles. The first-order valence-corrected chi connectivity index (χ1v) is 10.00. The highest BCUT2D eigenvalue weighted by Crippen LogP contribution is 2.34. The minimum atomic E-state index is -0.845. The fourth-order valence-electron chi connectivity index (χ4n) is 3.42. The van der Waals surface area contributed by atoms with Crippen molar-refractivity contribution in [3.05, 3.63) is 82.0 Å². The Labute approximate surface area is 182 Å². The van der Waals surface area contributed by atoms with E-state index in [0.717, 1.165) is 5.56 Å². The molecule has 6 nitrogen and oxygen atoms in total. The van der Waals surface area contributed by atoms with Crippen LogP contribution in [0.4, 0.5) is 0 Å². The summed E-state index contributed by atoms with van der Waals surface area (Å²) in [5.74, 6) is -0.935. The average molecular weight is 442 g/mol. The monoisotopic (exact) mass is 441 g/mol. The minimum absolute atomic E-state index is 0.242. The summed E-state index contributed by atoms with van der Waals surface area (Å²) in [5.41, 5.74) is 4.01. The van der Waals surface area contributed by atoms with E-state index in [1.807, 2.05) is 30.3 Å². The molecule has 3 aromatic rings. The zero-order valence-electron chi connectivity index (χ0n) is 15.6. The molecule has 1 fully saturated rings. The summed E-state index contributed by atoms with van der Waals surface area (Å²) in [6.45, 7) is 0.409. The molecule has 2 N–H and O–H groups in total. The van der Waals surface area contributed by atoms with Crippen LogP contribution in [0, 0.1) is 5.92 Å². The van der Waals surface area contributed by atoms with Gasteiger partial charge in [0.2, 0.25) is 5.91 Å². The Morgan fingerprint density at radius 1 is 1.10 bits per heavy atom. The normalized spacial score (nSPS) is 18.5. The van der Waals surface area contributed by atoms with Gasteiger partial charge in [-0.25, -0.2) is 5.43 Å². The standard InChI is InChI=1S/C22H17Cl2N3O3/c23-17-8-4-7-15(20(17)24)18-10-9-14(30-18)11-26-27-22(29)19-16(12-25-21(19)28)13-5-2-1-3-6-13/h1-11,16,19H,12H2,(H,25,28)(H,27,29)/t16-,19+/m1/s1. The zero-order chi connectivity index (χ0) is 21.1. The van der Waals surface area contributed by atoms with E-state index in [1.54, 1.807) is 30.3 Å². The summed E-state index contributed by atoms with van der Waals surface area (Å²) in [6, 6.07) is 18.1. The van der Waals surface area contributed by atoms with Crippen molar-refractivity contribution < 1.29 is 14.0 Å². The third-order valence-electron chi connectivity index (χ3n) is 4.90. The average Bonchev–Trinajstić information content (AvgIpc) is 3.37. The van der Waals surface area contributed by atoms with Crippen molar-refractivity contribution in [3.8, 4) is 11.3 Å². The Morgan fingerprint density at radius 2 is 1.90 bits per heavy atom. The molecule has 0 radical (unpaired) electrons. The van der Waals surface area contributed by atoms with E-state index >= 15 is 0 Å². The molecule has 1 aliphatic heterocycles. The van der Waals surface area contributed by atoms with Crippen molar-refractivity contribution in [2.75, 3.05) is 6.54 Å². The Kier molecular flexibility index (Phi) is 5.88. The third-order valence-corrected chi connectivity index (χ3v) is 5.72. The van der Waals surface area contributed by atoms with Crippen LogP contribution in [0.15, 0.2) is 70.2 Å². The number of amides is 2. The van der Waals surface area contributed by atoms with Crippen molar-refractivity contribution in [2.45, 2.75) is 5.92 Å². The number of hydrogen-bond donors (Lipinski definition) is 2. The predicted octanol–water partition coefficient (Wildman–Crippen LogP) is 4.23. The molecule has 2 heterocycles. The van der Waals surface area contributed by atoms with Gasteiger partial charge in [0.25, 0.3) is 5.91 Å². The van der Waals surface area contributed by atoms with Crippen LogP contribution in [-0.4, -0.2) is 24.6 Å². The number of furan rings is 1. The lowest BCUT2D eigenvalue weighted by Gasteiger charge is -2.15. The molecule has 0 saturated carbocycles. The Balaban J connectivity index is 1.44. The quantitative estimate of drug-likeness (QED) is 0.352. The first kappa shape index (κ1) is 20.2. The molecular formula is C22H17Cl2N3O3. The van der Waals surface area contributed by atoms with E-state index in [9.17, 15) is 9.59 Å². The summed E-state index contributed by atoms with van der Waals surface area (Å²) in [7, 11) is 0. The lowest BCUT2D eigenvalue weighted by atomic mass is 9.88. The van der Waals surface area contributed by atoms with Gasteiger partial charge in [-0.2, -0.15) is 5.10 Å². The van der Waals surface area contributed by atoms with Crippen LogP contribution in [0.5, 0.6) is 0 Å². The van der Waals surface area contributed by atoms with Crippen molar-refractivity contribution in [1.29, 1.82) is 0 Å². The van der Waals surface area contributed by atoms with Gasteiger partial charge < -0.3 is 9.73 Å². The lowest BCUT2D eigenvalue weighted by Crippen LogP contribution is -2.34. The second-order valence-electron chi connectivity index (χ2n) is 6.78. The van der Waals surface area contributed by atoms with Crippen LogP contribution >= 0.6 is 23.2 Å². The Bertz CT molecular complexity index is 1110. The van der Waals surface area contributed by atoms with Crippen LogP contribution in [0.25, 0.3) is 11.3 Å². The highest BCUT2D eigenvalue weighted by Gasteiger charge is 2.40. The second kappa shape index (κ2) is 8.73. The van der Waals surface area contributed by atoms with E-state index in [1.165, 1.54) is 6.21 Å². The number of nitrogens with one attached hydrogen (secondary N) is 2. The topological polar surface area (TPSA) is 83.7 Å². The van der Waals surface area contributed by atoms with Gasteiger partial charge in [-0.3, -0.25) is 9.59 Å². The van der Waals surface area contributed by atoms with E-state index in [2.05, 4.69) is 15.8 Å². The molecule has 2 atom stereocenters. The summed E-state index contributed by atoms with van der Waals surface area (Å²) in [4.78, 5) is 24.8. The molecule has 152 valence electrons. The van der Waals surface area contributed by atoms with Crippen LogP contribution in [0.1, 0.15) is 17.2 Å². The highest BCUT2D eigenvalue weighted by molar-refractivity contribution is 6.43. The van der Waals surface area contributed by atoms with E-state index in [-0.39, 0.29) is 11.8 Å². The SMILES string of the molecule is O=C1NC[C@H](c2ccccc2)[C@@H]1C(=O)NN=Cc1ccc(-c2cccc(Cl)c2Cl)o1. The number of rotatable bonds is 5. The molecule has 0 bridgehead atoms. The Hall–Kier alpha value is -3.09. The van der Waals surface area contributed by atoms with Crippen LogP contribution in [0.3, 0.4) is 0 Å². The smallest absolute Gasteiger partial charge is 0.253 e. The molecule has 2 amide bonds. The van der Waals surface area contributed by atoms with Crippen molar-refractivity contribution in [2.24, 2.45) is 11.0 Å². The van der Waals surface area contributed by atoms with E-state index < -0.39 is 11.8 Å². The van der Waals surface area contributed by atoms with E-state index in [4.69, 9.17) is 27.6 Å². The van der Waals surface area contributed by atoms with Gasteiger partial charge in [0.1, 0.15) is 17.4 Å². The number of nitrogens with zero attached hydrogens (tertiary/aromatic N) is 1. The molecule has 8 heteroatoms. The van der Waals surface area contributed by atoms with Crippen LogP contribution < -0.4 is 10.7 Å². The first-order valence-electron chi connectivity index (χ1n) is 9.24. The number of carbonyl (C=O) groups is 2. The summed E-state index contributed by atoms with van der Waals surface area (Å²) in [5, 5.41) is 7.50. The molecule has 2 aromatic carbocycles. The largest absolute Gasteiger partial charge is 0.455 e. The zero-order valence-corrected chi connectivity index (χ0v) is 17.2. The number of benzene rings is 2. The molecule has 1 aliphatic rings.